The first-order chi connectivity index (χ1) is 15.4. The highest BCUT2D eigenvalue weighted by molar-refractivity contribution is 5.97. The molecule has 0 aromatic heterocycles. The summed E-state index contributed by atoms with van der Waals surface area (Å²) in [6, 6.07) is 10.9. The molecule has 2 aromatic rings. The van der Waals surface area contributed by atoms with Crippen molar-refractivity contribution in [1.82, 2.24) is 16.0 Å². The van der Waals surface area contributed by atoms with Crippen LogP contribution in [-0.2, 0) is 4.79 Å². The first kappa shape index (κ1) is 24.5. The van der Waals surface area contributed by atoms with Crippen LogP contribution in [0.2, 0.25) is 0 Å². The van der Waals surface area contributed by atoms with E-state index in [1.165, 1.54) is 12.1 Å². The Morgan fingerprint density at radius 3 is 2.19 bits per heavy atom. The van der Waals surface area contributed by atoms with Crippen LogP contribution in [-0.4, -0.2) is 55.7 Å². The summed E-state index contributed by atoms with van der Waals surface area (Å²) in [4.78, 5) is 36.2. The van der Waals surface area contributed by atoms with Gasteiger partial charge in [-0.25, -0.2) is 0 Å². The predicted molar refractivity (Wildman–Crippen MR) is 119 cm³/mol. The molecule has 4 N–H and O–H groups in total. The Morgan fingerprint density at radius 1 is 0.812 bits per heavy atom. The third kappa shape index (κ3) is 7.82. The predicted octanol–water partition coefficient (Wildman–Crippen LogP) is 1.86. The van der Waals surface area contributed by atoms with Crippen LogP contribution in [0.5, 0.6) is 17.2 Å². The van der Waals surface area contributed by atoms with Crippen molar-refractivity contribution < 1.29 is 29.0 Å². The van der Waals surface area contributed by atoms with Gasteiger partial charge in [-0.15, -0.1) is 0 Å². The Kier molecular flexibility index (Phi) is 9.83. The zero-order valence-corrected chi connectivity index (χ0v) is 18.3. The summed E-state index contributed by atoms with van der Waals surface area (Å²) in [5.41, 5.74) is 0.720. The fourth-order valence-electron chi connectivity index (χ4n) is 2.78. The molecule has 32 heavy (non-hydrogen) atoms. The molecule has 0 spiro atoms. The largest absolute Gasteiger partial charge is 0.508 e. The first-order valence-electron chi connectivity index (χ1n) is 10.5. The molecule has 0 radical (unpaired) electrons. The lowest BCUT2D eigenvalue weighted by molar-refractivity contribution is -0.120. The van der Waals surface area contributed by atoms with Gasteiger partial charge in [-0.3, -0.25) is 14.4 Å². The molecule has 3 amide bonds. The minimum Gasteiger partial charge on any atom is -0.508 e. The molecule has 0 fully saturated rings. The number of carbonyl (C=O) groups is 3. The molecule has 0 aliphatic carbocycles. The Labute approximate surface area is 187 Å². The highest BCUT2D eigenvalue weighted by atomic mass is 16.5. The number of nitrogens with one attached hydrogen (secondary N) is 3. The number of rotatable bonds is 12. The number of benzene rings is 2. The van der Waals surface area contributed by atoms with Crippen LogP contribution >= 0.6 is 0 Å². The molecule has 0 bridgehead atoms. The molecule has 0 aliphatic rings. The van der Waals surface area contributed by atoms with Gasteiger partial charge in [0.2, 0.25) is 5.91 Å². The quantitative estimate of drug-likeness (QED) is 0.371. The van der Waals surface area contributed by atoms with Gasteiger partial charge in [0.1, 0.15) is 5.75 Å². The normalized spacial score (nSPS) is 10.2. The van der Waals surface area contributed by atoms with Crippen LogP contribution in [0.1, 0.15) is 41.0 Å². The van der Waals surface area contributed by atoms with Crippen molar-refractivity contribution in [3.8, 4) is 17.2 Å². The van der Waals surface area contributed by atoms with E-state index in [1.807, 2.05) is 13.8 Å². The smallest absolute Gasteiger partial charge is 0.251 e. The van der Waals surface area contributed by atoms with Gasteiger partial charge in [0.05, 0.1) is 19.8 Å². The monoisotopic (exact) mass is 443 g/mol. The summed E-state index contributed by atoms with van der Waals surface area (Å²) < 4.78 is 11.0. The van der Waals surface area contributed by atoms with Crippen LogP contribution in [0, 0.1) is 0 Å². The van der Waals surface area contributed by atoms with E-state index in [1.54, 1.807) is 30.3 Å². The number of aromatic hydroxyl groups is 1. The van der Waals surface area contributed by atoms with Gasteiger partial charge in [-0.1, -0.05) is 6.07 Å². The molecule has 9 heteroatoms. The Hall–Kier alpha value is -3.75. The molecule has 0 saturated carbocycles. The van der Waals surface area contributed by atoms with Crippen molar-refractivity contribution in [3.05, 3.63) is 53.6 Å². The van der Waals surface area contributed by atoms with E-state index >= 15 is 0 Å². The van der Waals surface area contributed by atoms with E-state index < -0.39 is 5.91 Å². The standard InChI is InChI=1S/C23H29N3O6/c1-3-31-19-10-9-17(14-20(19)32-4-2)23(30)26-15-21(28)24-11-6-12-25-22(29)16-7-5-8-18(27)13-16/h5,7-10,13-14,27H,3-4,6,11-12,15H2,1-2H3,(H,24,28)(H,25,29)(H,26,30). The topological polar surface area (TPSA) is 126 Å². The summed E-state index contributed by atoms with van der Waals surface area (Å²) in [6.45, 7) is 5.13. The molecule has 172 valence electrons. The molecule has 0 atom stereocenters. The molecule has 0 heterocycles. The molecule has 9 nitrogen and oxygen atoms in total. The van der Waals surface area contributed by atoms with Crippen LogP contribution in [0.3, 0.4) is 0 Å². The first-order valence-corrected chi connectivity index (χ1v) is 10.5. The fourth-order valence-corrected chi connectivity index (χ4v) is 2.78. The maximum absolute atomic E-state index is 12.3. The van der Waals surface area contributed by atoms with Crippen molar-refractivity contribution in [3.63, 3.8) is 0 Å². The molecule has 0 unspecified atom stereocenters. The van der Waals surface area contributed by atoms with Crippen molar-refractivity contribution in [2.24, 2.45) is 0 Å². The van der Waals surface area contributed by atoms with E-state index in [0.29, 0.717) is 55.4 Å². The summed E-state index contributed by atoms with van der Waals surface area (Å²) >= 11 is 0. The number of hydrogen-bond acceptors (Lipinski definition) is 6. The van der Waals surface area contributed by atoms with E-state index in [0.717, 1.165) is 0 Å². The van der Waals surface area contributed by atoms with Crippen LogP contribution in [0.4, 0.5) is 0 Å². The van der Waals surface area contributed by atoms with Gasteiger partial charge in [0.25, 0.3) is 11.8 Å². The highest BCUT2D eigenvalue weighted by Gasteiger charge is 2.12. The van der Waals surface area contributed by atoms with Gasteiger partial charge < -0.3 is 30.5 Å². The second kappa shape index (κ2) is 12.8. The van der Waals surface area contributed by atoms with Crippen molar-refractivity contribution >= 4 is 17.7 Å². The SMILES string of the molecule is CCOc1ccc(C(=O)NCC(=O)NCCCNC(=O)c2cccc(O)c2)cc1OCC. The van der Waals surface area contributed by atoms with E-state index in [9.17, 15) is 19.5 Å². The average molecular weight is 444 g/mol. The zero-order valence-electron chi connectivity index (χ0n) is 18.3. The lowest BCUT2D eigenvalue weighted by Crippen LogP contribution is -2.38. The summed E-state index contributed by atoms with van der Waals surface area (Å²) in [5.74, 6) is 0.00254. The van der Waals surface area contributed by atoms with Crippen LogP contribution < -0.4 is 25.4 Å². The fraction of sp³-hybridized carbons (Fsp3) is 0.348. The summed E-state index contributed by atoms with van der Waals surface area (Å²) in [6.07, 6.45) is 0.515. The van der Waals surface area contributed by atoms with Gasteiger partial charge in [0, 0.05) is 24.2 Å². The number of amides is 3. The minimum absolute atomic E-state index is 0.0197. The molecule has 2 aromatic carbocycles. The van der Waals surface area contributed by atoms with Gasteiger partial charge in [-0.2, -0.15) is 0 Å². The second-order valence-electron chi connectivity index (χ2n) is 6.72. The van der Waals surface area contributed by atoms with E-state index in [2.05, 4.69) is 16.0 Å². The van der Waals surface area contributed by atoms with E-state index in [-0.39, 0.29) is 24.1 Å². The van der Waals surface area contributed by atoms with Crippen molar-refractivity contribution in [2.45, 2.75) is 20.3 Å². The third-order valence-electron chi connectivity index (χ3n) is 4.28. The zero-order chi connectivity index (χ0) is 23.3. The van der Waals surface area contributed by atoms with Crippen LogP contribution in [0.15, 0.2) is 42.5 Å². The van der Waals surface area contributed by atoms with Crippen molar-refractivity contribution in [1.29, 1.82) is 0 Å². The number of carbonyl (C=O) groups excluding carboxylic acids is 3. The number of phenolic OH excluding ortho intramolecular Hbond substituents is 1. The summed E-state index contributed by atoms with van der Waals surface area (Å²) in [7, 11) is 0. The third-order valence-corrected chi connectivity index (χ3v) is 4.28. The molecule has 2 rings (SSSR count). The number of phenols is 1. The maximum atomic E-state index is 12.3. The maximum Gasteiger partial charge on any atom is 0.251 e. The Morgan fingerprint density at radius 2 is 1.47 bits per heavy atom. The van der Waals surface area contributed by atoms with Gasteiger partial charge in [-0.05, 0) is 56.7 Å². The molecular weight excluding hydrogens is 414 g/mol. The Bertz CT molecular complexity index is 932. The van der Waals surface area contributed by atoms with Gasteiger partial charge in [0.15, 0.2) is 11.5 Å². The molecule has 0 aliphatic heterocycles. The Balaban J connectivity index is 1.69. The summed E-state index contributed by atoms with van der Waals surface area (Å²) in [5, 5.41) is 17.3. The molecule has 0 saturated heterocycles. The number of ether oxygens (including phenoxy) is 2. The second-order valence-corrected chi connectivity index (χ2v) is 6.72. The number of hydrogen-bond donors (Lipinski definition) is 4. The van der Waals surface area contributed by atoms with Crippen LogP contribution in [0.25, 0.3) is 0 Å². The lowest BCUT2D eigenvalue weighted by atomic mass is 10.2. The average Bonchev–Trinajstić information content (AvgIpc) is 2.78. The van der Waals surface area contributed by atoms with E-state index in [4.69, 9.17) is 9.47 Å². The van der Waals surface area contributed by atoms with Crippen molar-refractivity contribution in [2.75, 3.05) is 32.8 Å². The highest BCUT2D eigenvalue weighted by Crippen LogP contribution is 2.28. The molecular formula is C23H29N3O6. The minimum atomic E-state index is -0.400. The van der Waals surface area contributed by atoms with Gasteiger partial charge >= 0.3 is 0 Å². The lowest BCUT2D eigenvalue weighted by Gasteiger charge is -2.12.